The highest BCUT2D eigenvalue weighted by Gasteiger charge is 2.11. The van der Waals surface area contributed by atoms with E-state index in [4.69, 9.17) is 10.00 Å². The maximum Gasteiger partial charge on any atom is 0.237 e. The molecule has 0 aliphatic carbocycles. The van der Waals surface area contributed by atoms with E-state index in [1.165, 1.54) is 0 Å². The summed E-state index contributed by atoms with van der Waals surface area (Å²) in [5.41, 5.74) is 3.13. The van der Waals surface area contributed by atoms with E-state index in [9.17, 15) is 0 Å². The second kappa shape index (κ2) is 5.49. The predicted molar refractivity (Wildman–Crippen MR) is 72.1 cm³/mol. The van der Waals surface area contributed by atoms with E-state index in [1.807, 2.05) is 32.9 Å². The van der Waals surface area contributed by atoms with Crippen molar-refractivity contribution in [1.82, 2.24) is 9.97 Å². The fourth-order valence-corrected chi connectivity index (χ4v) is 1.79. The lowest BCUT2D eigenvalue weighted by atomic mass is 10.2. The van der Waals surface area contributed by atoms with E-state index in [2.05, 4.69) is 16.0 Å². The molecule has 2 aromatic heterocycles. The molecule has 0 bridgehead atoms. The average Bonchev–Trinajstić information content (AvgIpc) is 2.41. The quantitative estimate of drug-likeness (QED) is 0.841. The number of hydrogen-bond donors (Lipinski definition) is 0. The van der Waals surface area contributed by atoms with Crippen LogP contribution in [-0.2, 0) is 6.42 Å². The molecule has 0 radical (unpaired) electrons. The largest absolute Gasteiger partial charge is 0.436 e. The highest BCUT2D eigenvalue weighted by Crippen LogP contribution is 2.27. The van der Waals surface area contributed by atoms with E-state index in [0.29, 0.717) is 17.2 Å². The number of pyridine rings is 2. The van der Waals surface area contributed by atoms with E-state index < -0.39 is 0 Å². The molecule has 0 N–H and O–H groups in total. The Kier molecular flexibility index (Phi) is 3.76. The minimum Gasteiger partial charge on any atom is -0.436 e. The van der Waals surface area contributed by atoms with Crippen molar-refractivity contribution in [2.24, 2.45) is 0 Å². The van der Waals surface area contributed by atoms with Crippen molar-refractivity contribution < 1.29 is 4.74 Å². The van der Waals surface area contributed by atoms with Gasteiger partial charge < -0.3 is 4.74 Å². The van der Waals surface area contributed by atoms with Gasteiger partial charge in [0.15, 0.2) is 5.75 Å². The monoisotopic (exact) mass is 253 g/mol. The van der Waals surface area contributed by atoms with Gasteiger partial charge in [-0.2, -0.15) is 5.26 Å². The summed E-state index contributed by atoms with van der Waals surface area (Å²) < 4.78 is 5.76. The third-order valence-corrected chi connectivity index (χ3v) is 2.85. The lowest BCUT2D eigenvalue weighted by Gasteiger charge is -2.11. The van der Waals surface area contributed by atoms with Gasteiger partial charge in [0, 0.05) is 11.9 Å². The van der Waals surface area contributed by atoms with Crippen LogP contribution >= 0.6 is 0 Å². The van der Waals surface area contributed by atoms with Crippen LogP contribution in [0.15, 0.2) is 24.4 Å². The Hall–Kier alpha value is -2.41. The number of aryl methyl sites for hydroxylation is 3. The number of rotatable bonds is 3. The fourth-order valence-electron chi connectivity index (χ4n) is 1.79. The summed E-state index contributed by atoms with van der Waals surface area (Å²) in [6.45, 7) is 5.82. The zero-order valence-electron chi connectivity index (χ0n) is 11.3. The molecule has 4 nitrogen and oxygen atoms in total. The van der Waals surface area contributed by atoms with Crippen molar-refractivity contribution in [1.29, 1.82) is 5.26 Å². The minimum atomic E-state index is 0.336. The molecule has 4 heteroatoms. The average molecular weight is 253 g/mol. The zero-order valence-corrected chi connectivity index (χ0v) is 11.3. The topological polar surface area (TPSA) is 58.8 Å². The Morgan fingerprint density at radius 1 is 1.26 bits per heavy atom. The predicted octanol–water partition coefficient (Wildman–Crippen LogP) is 3.32. The van der Waals surface area contributed by atoms with Gasteiger partial charge in [0.25, 0.3) is 0 Å². The molecule has 0 unspecified atom stereocenters. The molecule has 96 valence electrons. The molecule has 0 amide bonds. The summed E-state index contributed by atoms with van der Waals surface area (Å²) >= 11 is 0. The van der Waals surface area contributed by atoms with Gasteiger partial charge in [0.1, 0.15) is 11.6 Å². The lowest BCUT2D eigenvalue weighted by molar-refractivity contribution is 0.452. The summed E-state index contributed by atoms with van der Waals surface area (Å²) in [6, 6.07) is 7.67. The molecule has 2 rings (SSSR count). The molecule has 0 atom stereocenters. The van der Waals surface area contributed by atoms with Crippen LogP contribution in [0.4, 0.5) is 0 Å². The number of nitrogens with zero attached hydrogens (tertiary/aromatic N) is 3. The standard InChI is InChI=1S/C15H15N3O/c1-4-13-14(6-5-11(3)18-13)19-15-12(9-16)10(2)7-8-17-15/h5-8H,4H2,1-3H3. The van der Waals surface area contributed by atoms with E-state index in [0.717, 1.165) is 23.4 Å². The molecule has 2 aromatic rings. The second-order valence-corrected chi connectivity index (χ2v) is 4.27. The third-order valence-electron chi connectivity index (χ3n) is 2.85. The number of ether oxygens (including phenoxy) is 1. The first-order valence-electron chi connectivity index (χ1n) is 6.15. The maximum atomic E-state index is 9.16. The van der Waals surface area contributed by atoms with E-state index in [1.54, 1.807) is 12.3 Å². The van der Waals surface area contributed by atoms with Crippen molar-refractivity contribution in [2.75, 3.05) is 0 Å². The highest BCUT2D eigenvalue weighted by molar-refractivity contribution is 5.46. The fraction of sp³-hybridized carbons (Fsp3) is 0.267. The van der Waals surface area contributed by atoms with Crippen molar-refractivity contribution in [3.63, 3.8) is 0 Å². The van der Waals surface area contributed by atoms with E-state index in [-0.39, 0.29) is 0 Å². The Morgan fingerprint density at radius 3 is 2.74 bits per heavy atom. The molecule has 0 aliphatic rings. The first-order chi connectivity index (χ1) is 9.15. The van der Waals surface area contributed by atoms with Crippen molar-refractivity contribution in [2.45, 2.75) is 27.2 Å². The Bertz CT molecular complexity index is 644. The van der Waals surface area contributed by atoms with Crippen LogP contribution in [0.5, 0.6) is 11.6 Å². The van der Waals surface area contributed by atoms with Crippen LogP contribution in [0.2, 0.25) is 0 Å². The normalized spacial score (nSPS) is 10.0. The van der Waals surface area contributed by atoms with Gasteiger partial charge in [0.2, 0.25) is 5.88 Å². The smallest absolute Gasteiger partial charge is 0.237 e. The van der Waals surface area contributed by atoms with Crippen molar-refractivity contribution in [3.05, 3.63) is 46.9 Å². The van der Waals surface area contributed by atoms with Gasteiger partial charge in [-0.3, -0.25) is 4.98 Å². The minimum absolute atomic E-state index is 0.336. The summed E-state index contributed by atoms with van der Waals surface area (Å²) in [4.78, 5) is 8.56. The molecule has 0 saturated carbocycles. The number of aromatic nitrogens is 2. The zero-order chi connectivity index (χ0) is 13.8. The SMILES string of the molecule is CCc1nc(C)ccc1Oc1nccc(C)c1C#N. The lowest BCUT2D eigenvalue weighted by Crippen LogP contribution is -1.99. The molecule has 19 heavy (non-hydrogen) atoms. The van der Waals surface area contributed by atoms with Crippen LogP contribution in [0.1, 0.15) is 29.4 Å². The summed E-state index contributed by atoms with van der Waals surface area (Å²) in [7, 11) is 0. The summed E-state index contributed by atoms with van der Waals surface area (Å²) in [6.07, 6.45) is 2.41. The first kappa shape index (κ1) is 13.0. The van der Waals surface area contributed by atoms with E-state index >= 15 is 0 Å². The van der Waals surface area contributed by atoms with Gasteiger partial charge >= 0.3 is 0 Å². The van der Waals surface area contributed by atoms with Crippen LogP contribution in [0.25, 0.3) is 0 Å². The van der Waals surface area contributed by atoms with Crippen molar-refractivity contribution in [3.8, 4) is 17.7 Å². The van der Waals surface area contributed by atoms with Crippen LogP contribution in [0.3, 0.4) is 0 Å². The molecule has 0 aromatic carbocycles. The Labute approximate surface area is 112 Å². The summed E-state index contributed by atoms with van der Waals surface area (Å²) in [5, 5.41) is 9.16. The number of hydrogen-bond acceptors (Lipinski definition) is 4. The van der Waals surface area contributed by atoms with Crippen LogP contribution < -0.4 is 4.74 Å². The first-order valence-corrected chi connectivity index (χ1v) is 6.15. The Balaban J connectivity index is 2.42. The van der Waals surface area contributed by atoms with Gasteiger partial charge in [0.05, 0.1) is 5.69 Å². The molecular formula is C15H15N3O. The molecule has 2 heterocycles. The third kappa shape index (κ3) is 2.71. The molecular weight excluding hydrogens is 238 g/mol. The molecule has 0 spiro atoms. The second-order valence-electron chi connectivity index (χ2n) is 4.27. The van der Waals surface area contributed by atoms with Gasteiger partial charge in [-0.05, 0) is 44.0 Å². The summed E-state index contributed by atoms with van der Waals surface area (Å²) in [5.74, 6) is 0.991. The van der Waals surface area contributed by atoms with Gasteiger partial charge in [-0.25, -0.2) is 4.98 Å². The molecule has 0 aliphatic heterocycles. The van der Waals surface area contributed by atoms with Crippen molar-refractivity contribution >= 4 is 0 Å². The molecule has 0 fully saturated rings. The van der Waals surface area contributed by atoms with Crippen LogP contribution in [0, 0.1) is 25.2 Å². The van der Waals surface area contributed by atoms with Crippen LogP contribution in [-0.4, -0.2) is 9.97 Å². The highest BCUT2D eigenvalue weighted by atomic mass is 16.5. The Morgan fingerprint density at radius 2 is 2.05 bits per heavy atom. The van der Waals surface area contributed by atoms with Gasteiger partial charge in [-0.15, -0.1) is 0 Å². The maximum absolute atomic E-state index is 9.16. The molecule has 0 saturated heterocycles. The van der Waals surface area contributed by atoms with Gasteiger partial charge in [-0.1, -0.05) is 6.92 Å². The number of nitriles is 1.